The zero-order chi connectivity index (χ0) is 13.4. The number of hydrogen-bond acceptors (Lipinski definition) is 4. The van der Waals surface area contributed by atoms with Gasteiger partial charge in [0, 0.05) is 31.5 Å². The van der Waals surface area contributed by atoms with Gasteiger partial charge in [-0.1, -0.05) is 17.3 Å². The lowest BCUT2D eigenvalue weighted by Gasteiger charge is -2.18. The molecule has 1 atom stereocenters. The summed E-state index contributed by atoms with van der Waals surface area (Å²) in [6.45, 7) is 3.88. The molecule has 2 aromatic rings. The van der Waals surface area contributed by atoms with Crippen LogP contribution in [0.2, 0.25) is 0 Å². The molecule has 1 aliphatic rings. The lowest BCUT2D eigenvalue weighted by atomic mass is 10.0. The average molecular weight is 257 g/mol. The van der Waals surface area contributed by atoms with E-state index < -0.39 is 0 Å². The minimum Gasteiger partial charge on any atom is -0.365 e. The summed E-state index contributed by atoms with van der Waals surface area (Å²) in [6.07, 6.45) is 3.05. The second-order valence-corrected chi connectivity index (χ2v) is 5.23. The Morgan fingerprint density at radius 1 is 1.42 bits per heavy atom. The van der Waals surface area contributed by atoms with E-state index >= 15 is 0 Å². The molecule has 0 saturated carbocycles. The first-order valence-corrected chi connectivity index (χ1v) is 6.62. The van der Waals surface area contributed by atoms with E-state index in [0.29, 0.717) is 0 Å². The van der Waals surface area contributed by atoms with Crippen molar-refractivity contribution < 1.29 is 0 Å². The monoisotopic (exact) mass is 257 g/mol. The Labute approximate surface area is 113 Å². The van der Waals surface area contributed by atoms with Crippen LogP contribution in [0.5, 0.6) is 0 Å². The number of anilines is 1. The van der Waals surface area contributed by atoms with Crippen LogP contribution in [0.4, 0.5) is 5.69 Å². The van der Waals surface area contributed by atoms with Gasteiger partial charge in [0.15, 0.2) is 0 Å². The topological polar surface area (TPSA) is 60.0 Å². The molecule has 5 nitrogen and oxygen atoms in total. The van der Waals surface area contributed by atoms with Crippen molar-refractivity contribution in [1.82, 2.24) is 15.0 Å². The Hall–Kier alpha value is -1.88. The molecule has 1 aliphatic heterocycles. The molecule has 2 N–H and O–H groups in total. The van der Waals surface area contributed by atoms with Gasteiger partial charge in [0.25, 0.3) is 0 Å². The molecule has 1 aromatic carbocycles. The molecule has 0 radical (unpaired) electrons. The van der Waals surface area contributed by atoms with E-state index in [9.17, 15) is 0 Å². The van der Waals surface area contributed by atoms with E-state index in [1.807, 2.05) is 20.2 Å². The molecule has 0 spiro atoms. The molecule has 19 heavy (non-hydrogen) atoms. The fourth-order valence-electron chi connectivity index (χ4n) is 2.60. The molecule has 3 rings (SSSR count). The van der Waals surface area contributed by atoms with Crippen LogP contribution < -0.4 is 10.6 Å². The zero-order valence-electron chi connectivity index (χ0n) is 11.4. The quantitative estimate of drug-likeness (QED) is 0.903. The molecular weight excluding hydrogens is 238 g/mol. The maximum Gasteiger partial charge on any atom is 0.102 e. The third kappa shape index (κ3) is 2.33. The molecule has 0 amide bonds. The second kappa shape index (κ2) is 4.66. The van der Waals surface area contributed by atoms with Gasteiger partial charge in [0.2, 0.25) is 0 Å². The van der Waals surface area contributed by atoms with Gasteiger partial charge in [-0.05, 0) is 30.5 Å². The Bertz CT molecular complexity index is 587. The molecule has 1 unspecified atom stereocenters. The highest BCUT2D eigenvalue weighted by Crippen LogP contribution is 2.30. The summed E-state index contributed by atoms with van der Waals surface area (Å²) in [5, 5.41) is 8.12. The first-order chi connectivity index (χ1) is 9.13. The molecule has 100 valence electrons. The summed E-state index contributed by atoms with van der Waals surface area (Å²) in [6, 6.07) is 6.63. The molecule has 1 aromatic heterocycles. The highest BCUT2D eigenvalue weighted by atomic mass is 15.4. The van der Waals surface area contributed by atoms with Gasteiger partial charge < -0.3 is 10.6 Å². The number of hydrogen-bond donors (Lipinski definition) is 1. The predicted molar refractivity (Wildman–Crippen MR) is 74.8 cm³/mol. The number of aromatic nitrogens is 3. The highest BCUT2D eigenvalue weighted by Gasteiger charge is 2.20. The Morgan fingerprint density at radius 3 is 2.95 bits per heavy atom. The van der Waals surface area contributed by atoms with Crippen molar-refractivity contribution in [2.45, 2.75) is 25.9 Å². The molecule has 0 saturated heterocycles. The maximum atomic E-state index is 5.93. The molecule has 5 heteroatoms. The van der Waals surface area contributed by atoms with Crippen LogP contribution in [-0.2, 0) is 20.0 Å². The molecule has 0 aliphatic carbocycles. The normalized spacial score (nSPS) is 15.6. The zero-order valence-corrected chi connectivity index (χ0v) is 11.4. The van der Waals surface area contributed by atoms with Gasteiger partial charge >= 0.3 is 0 Å². The van der Waals surface area contributed by atoms with Crippen LogP contribution >= 0.6 is 0 Å². The summed E-state index contributed by atoms with van der Waals surface area (Å²) >= 11 is 0. The van der Waals surface area contributed by atoms with Gasteiger partial charge in [-0.25, -0.2) is 0 Å². The summed E-state index contributed by atoms with van der Waals surface area (Å²) in [4.78, 5) is 2.35. The lowest BCUT2D eigenvalue weighted by Crippen LogP contribution is -2.19. The van der Waals surface area contributed by atoms with Crippen molar-refractivity contribution in [3.63, 3.8) is 0 Å². The fraction of sp³-hybridized carbons (Fsp3) is 0.429. The summed E-state index contributed by atoms with van der Waals surface area (Å²) < 4.78 is 1.74. The van der Waals surface area contributed by atoms with Crippen molar-refractivity contribution >= 4 is 5.69 Å². The smallest absolute Gasteiger partial charge is 0.102 e. The number of benzene rings is 1. The first kappa shape index (κ1) is 12.2. The first-order valence-electron chi connectivity index (χ1n) is 6.62. The van der Waals surface area contributed by atoms with Gasteiger partial charge in [-0.2, -0.15) is 0 Å². The van der Waals surface area contributed by atoms with Crippen molar-refractivity contribution in [2.24, 2.45) is 12.8 Å². The summed E-state index contributed by atoms with van der Waals surface area (Å²) in [5.41, 5.74) is 10.8. The van der Waals surface area contributed by atoms with E-state index in [4.69, 9.17) is 5.73 Å². The van der Waals surface area contributed by atoms with Crippen LogP contribution in [0, 0.1) is 0 Å². The van der Waals surface area contributed by atoms with E-state index in [-0.39, 0.29) is 6.04 Å². The Balaban J connectivity index is 1.82. The van der Waals surface area contributed by atoms with E-state index in [1.165, 1.54) is 16.8 Å². The summed E-state index contributed by atoms with van der Waals surface area (Å²) in [5.74, 6) is 0. The number of aryl methyl sites for hydroxylation is 1. The van der Waals surface area contributed by atoms with Crippen LogP contribution in [0.1, 0.15) is 29.8 Å². The SMILES string of the molecule is CC(N)c1ccc2c(c1)CCN2Cc1cn(C)nn1. The standard InChI is InChI=1S/C14H19N5/c1-10(15)11-3-4-14-12(7-11)5-6-19(14)9-13-8-18(2)17-16-13/h3-4,7-8,10H,5-6,9,15H2,1-2H3. The maximum absolute atomic E-state index is 5.93. The fourth-order valence-corrected chi connectivity index (χ4v) is 2.60. The molecule has 2 heterocycles. The molecule has 0 fully saturated rings. The Morgan fingerprint density at radius 2 is 2.26 bits per heavy atom. The number of nitrogens with zero attached hydrogens (tertiary/aromatic N) is 4. The van der Waals surface area contributed by atoms with Crippen molar-refractivity contribution in [1.29, 1.82) is 0 Å². The predicted octanol–water partition coefficient (Wildman–Crippen LogP) is 1.40. The van der Waals surface area contributed by atoms with Crippen LogP contribution in [0.3, 0.4) is 0 Å². The van der Waals surface area contributed by atoms with Crippen LogP contribution in [0.15, 0.2) is 24.4 Å². The van der Waals surface area contributed by atoms with E-state index in [2.05, 4.69) is 33.4 Å². The van der Waals surface area contributed by atoms with Gasteiger partial charge in [0.1, 0.15) is 5.69 Å². The van der Waals surface area contributed by atoms with Crippen molar-refractivity contribution in [2.75, 3.05) is 11.4 Å². The average Bonchev–Trinajstić information content (AvgIpc) is 2.96. The third-order valence-electron chi connectivity index (χ3n) is 3.62. The van der Waals surface area contributed by atoms with E-state index in [0.717, 1.165) is 25.2 Å². The van der Waals surface area contributed by atoms with Crippen molar-refractivity contribution in [3.8, 4) is 0 Å². The second-order valence-electron chi connectivity index (χ2n) is 5.23. The minimum atomic E-state index is 0.0966. The van der Waals surface area contributed by atoms with Gasteiger partial charge in [-0.3, -0.25) is 4.68 Å². The highest BCUT2D eigenvalue weighted by molar-refractivity contribution is 5.59. The summed E-state index contributed by atoms with van der Waals surface area (Å²) in [7, 11) is 1.89. The van der Waals surface area contributed by atoms with Crippen LogP contribution in [0.25, 0.3) is 0 Å². The van der Waals surface area contributed by atoms with Crippen molar-refractivity contribution in [3.05, 3.63) is 41.2 Å². The molecular formula is C14H19N5. The Kier molecular flexibility index (Phi) is 2.98. The minimum absolute atomic E-state index is 0.0966. The third-order valence-corrected chi connectivity index (χ3v) is 3.62. The number of fused-ring (bicyclic) bond motifs is 1. The number of nitrogens with two attached hydrogens (primary N) is 1. The van der Waals surface area contributed by atoms with Gasteiger partial charge in [0.05, 0.1) is 6.54 Å². The largest absolute Gasteiger partial charge is 0.365 e. The van der Waals surface area contributed by atoms with E-state index in [1.54, 1.807) is 4.68 Å². The lowest BCUT2D eigenvalue weighted by molar-refractivity contribution is 0.712. The molecule has 0 bridgehead atoms. The number of rotatable bonds is 3. The van der Waals surface area contributed by atoms with Gasteiger partial charge in [-0.15, -0.1) is 5.10 Å². The van der Waals surface area contributed by atoms with Crippen LogP contribution in [-0.4, -0.2) is 21.5 Å².